The van der Waals surface area contributed by atoms with Crippen molar-refractivity contribution in [3.8, 4) is 17.0 Å². The van der Waals surface area contributed by atoms with Gasteiger partial charge in [0.2, 0.25) is 5.91 Å². The maximum atomic E-state index is 12.2. The molecule has 0 saturated heterocycles. The second-order valence-electron chi connectivity index (χ2n) is 12.6. The second kappa shape index (κ2) is 11.5. The first-order valence-electron chi connectivity index (χ1n) is 14.1. The zero-order chi connectivity index (χ0) is 29.2. The molecule has 0 spiro atoms. The van der Waals surface area contributed by atoms with Crippen molar-refractivity contribution in [2.75, 3.05) is 30.8 Å². The number of hydrogen-bond donors (Lipinski definition) is 3. The number of carbonyl (C=O) groups excluding carboxylic acids is 2. The van der Waals surface area contributed by atoms with Gasteiger partial charge in [-0.1, -0.05) is 13.8 Å². The zero-order valence-electron chi connectivity index (χ0n) is 24.9. The Morgan fingerprint density at radius 1 is 1.15 bits per heavy atom. The van der Waals surface area contributed by atoms with Gasteiger partial charge in [0.05, 0.1) is 17.5 Å². The number of amides is 2. The molecule has 2 aromatic rings. The summed E-state index contributed by atoms with van der Waals surface area (Å²) in [5.74, 6) is 1.27. The quantitative estimate of drug-likeness (QED) is 0.462. The summed E-state index contributed by atoms with van der Waals surface area (Å²) in [4.78, 5) is 34.8. The van der Waals surface area contributed by atoms with Gasteiger partial charge in [0.25, 0.3) is 0 Å². The van der Waals surface area contributed by atoms with E-state index >= 15 is 0 Å². The first-order valence-corrected chi connectivity index (χ1v) is 14.1. The number of benzene rings is 1. The fourth-order valence-corrected chi connectivity index (χ4v) is 5.82. The fourth-order valence-electron chi connectivity index (χ4n) is 5.82. The van der Waals surface area contributed by atoms with Gasteiger partial charge in [-0.2, -0.15) is 0 Å². The number of likely N-dealkylation sites (N-methyl/N-ethyl adjacent to an activating group) is 1. The summed E-state index contributed by atoms with van der Waals surface area (Å²) in [6.45, 7) is 12.6. The van der Waals surface area contributed by atoms with E-state index in [9.17, 15) is 9.59 Å². The van der Waals surface area contributed by atoms with Gasteiger partial charge in [0.1, 0.15) is 23.5 Å². The van der Waals surface area contributed by atoms with Crippen LogP contribution in [0, 0.1) is 0 Å². The van der Waals surface area contributed by atoms with Crippen molar-refractivity contribution in [1.82, 2.24) is 20.6 Å². The molecule has 4 rings (SSSR count). The Hall–Kier alpha value is -3.56. The monoisotopic (exact) mass is 552 g/mol. The molecular weight excluding hydrogens is 508 g/mol. The van der Waals surface area contributed by atoms with E-state index < -0.39 is 5.60 Å². The van der Waals surface area contributed by atoms with E-state index in [2.05, 4.69) is 45.4 Å². The third-order valence-corrected chi connectivity index (χ3v) is 7.56. The van der Waals surface area contributed by atoms with Crippen molar-refractivity contribution >= 4 is 23.5 Å². The minimum Gasteiger partial charge on any atom is -0.488 e. The molecule has 1 heterocycles. The van der Waals surface area contributed by atoms with Crippen LogP contribution in [0.1, 0.15) is 78.4 Å². The Morgan fingerprint density at radius 2 is 1.85 bits per heavy atom. The highest BCUT2D eigenvalue weighted by molar-refractivity contribution is 5.83. The molecule has 2 aliphatic rings. The lowest BCUT2D eigenvalue weighted by Gasteiger charge is -2.38. The predicted molar refractivity (Wildman–Crippen MR) is 157 cm³/mol. The summed E-state index contributed by atoms with van der Waals surface area (Å²) in [6.07, 6.45) is 5.21. The van der Waals surface area contributed by atoms with Crippen LogP contribution in [0.5, 0.6) is 5.75 Å². The van der Waals surface area contributed by atoms with Gasteiger partial charge in [-0.3, -0.25) is 4.79 Å². The van der Waals surface area contributed by atoms with Crippen LogP contribution >= 0.6 is 0 Å². The molecule has 0 atom stereocenters. The van der Waals surface area contributed by atoms with Crippen LogP contribution in [-0.4, -0.2) is 59.9 Å². The van der Waals surface area contributed by atoms with E-state index in [-0.39, 0.29) is 29.6 Å². The molecule has 4 N–H and O–H groups in total. The molecule has 10 heteroatoms. The molecular formula is C30H44N6O4. The molecule has 1 aromatic heterocycles. The molecule has 218 valence electrons. The molecule has 0 aliphatic heterocycles. The highest BCUT2D eigenvalue weighted by atomic mass is 16.6. The summed E-state index contributed by atoms with van der Waals surface area (Å²) in [5.41, 5.74) is 10.6. The van der Waals surface area contributed by atoms with E-state index in [1.54, 1.807) is 0 Å². The van der Waals surface area contributed by atoms with Gasteiger partial charge in [-0.25, -0.2) is 14.8 Å². The highest BCUT2D eigenvalue weighted by Gasteiger charge is 2.37. The number of ether oxygens (including phenoxy) is 2. The smallest absolute Gasteiger partial charge is 0.407 e. The van der Waals surface area contributed by atoms with E-state index in [0.717, 1.165) is 65.9 Å². The second-order valence-corrected chi connectivity index (χ2v) is 12.6. The first kappa shape index (κ1) is 29.4. The Bertz CT molecular complexity index is 1250. The minimum absolute atomic E-state index is 0.0269. The van der Waals surface area contributed by atoms with Gasteiger partial charge < -0.3 is 30.7 Å². The third-order valence-electron chi connectivity index (χ3n) is 7.56. The Labute approximate surface area is 237 Å². The summed E-state index contributed by atoms with van der Waals surface area (Å²) in [5, 5.41) is 5.90. The molecule has 1 fully saturated rings. The Morgan fingerprint density at radius 3 is 2.50 bits per heavy atom. The van der Waals surface area contributed by atoms with Crippen molar-refractivity contribution in [3.63, 3.8) is 0 Å². The lowest BCUT2D eigenvalue weighted by Crippen LogP contribution is -2.42. The van der Waals surface area contributed by atoms with Crippen LogP contribution in [0.15, 0.2) is 18.5 Å². The number of nitrogen functional groups attached to an aromatic ring is 1. The SMILES string of the molecule is CC(=O)NCCN(C)c1c(OC2CCC(NC(=O)OC(C)(C)C)CC2)ccc2c1CC(C)(C)c1c(N)ncnc1-2. The van der Waals surface area contributed by atoms with Crippen LogP contribution in [0.4, 0.5) is 16.3 Å². The zero-order valence-corrected chi connectivity index (χ0v) is 24.9. The minimum atomic E-state index is -0.522. The summed E-state index contributed by atoms with van der Waals surface area (Å²) in [6, 6.07) is 4.17. The third kappa shape index (κ3) is 6.77. The van der Waals surface area contributed by atoms with Crippen LogP contribution in [0.3, 0.4) is 0 Å². The molecule has 40 heavy (non-hydrogen) atoms. The molecule has 0 bridgehead atoms. The summed E-state index contributed by atoms with van der Waals surface area (Å²) in [7, 11) is 2.03. The van der Waals surface area contributed by atoms with E-state index in [4.69, 9.17) is 15.2 Å². The number of alkyl carbamates (subject to hydrolysis) is 1. The Balaban J connectivity index is 1.58. The number of aromatic nitrogens is 2. The number of fused-ring (bicyclic) bond motifs is 3. The summed E-state index contributed by atoms with van der Waals surface area (Å²) >= 11 is 0. The van der Waals surface area contributed by atoms with Crippen molar-refractivity contribution in [2.24, 2.45) is 0 Å². The average molecular weight is 553 g/mol. The van der Waals surface area contributed by atoms with Gasteiger partial charge >= 0.3 is 6.09 Å². The van der Waals surface area contributed by atoms with E-state index in [1.807, 2.05) is 33.9 Å². The predicted octanol–water partition coefficient (Wildman–Crippen LogP) is 4.35. The van der Waals surface area contributed by atoms with Crippen molar-refractivity contribution in [1.29, 1.82) is 0 Å². The molecule has 0 unspecified atom stereocenters. The lowest BCUT2D eigenvalue weighted by atomic mass is 9.71. The first-order chi connectivity index (χ1) is 18.7. The number of anilines is 2. The molecule has 2 amide bonds. The largest absolute Gasteiger partial charge is 0.488 e. The fraction of sp³-hybridized carbons (Fsp3) is 0.600. The molecule has 1 aromatic carbocycles. The van der Waals surface area contributed by atoms with Gasteiger partial charge in [0.15, 0.2) is 0 Å². The number of nitrogens with zero attached hydrogens (tertiary/aromatic N) is 3. The molecule has 0 radical (unpaired) electrons. The number of carbonyl (C=O) groups is 2. The molecule has 10 nitrogen and oxygen atoms in total. The van der Waals surface area contributed by atoms with Gasteiger partial charge in [0, 0.05) is 44.2 Å². The van der Waals surface area contributed by atoms with Crippen LogP contribution < -0.4 is 26.0 Å². The standard InChI is InChI=1S/C30H44N6O4/c1-18(37)32-14-15-36(7)26-22-16-30(5,6)24-25(33-17-34-27(24)31)21(22)12-13-23(26)39-20-10-8-19(9-11-20)35-28(38)40-29(2,3)4/h12-13,17,19-20H,8-11,14-16H2,1-7H3,(H,32,37)(H,35,38)(H2,31,33,34). The lowest BCUT2D eigenvalue weighted by molar-refractivity contribution is -0.118. The number of nitrogens with two attached hydrogens (primary N) is 1. The number of rotatable bonds is 7. The Kier molecular flexibility index (Phi) is 8.46. The number of nitrogens with one attached hydrogen (secondary N) is 2. The van der Waals surface area contributed by atoms with Crippen LogP contribution in [-0.2, 0) is 21.4 Å². The summed E-state index contributed by atoms with van der Waals surface area (Å²) < 4.78 is 12.1. The van der Waals surface area contributed by atoms with Gasteiger partial charge in [-0.05, 0) is 76.0 Å². The molecule has 2 aliphatic carbocycles. The number of hydrogen-bond acceptors (Lipinski definition) is 8. The topological polar surface area (TPSA) is 132 Å². The average Bonchev–Trinajstić information content (AvgIpc) is 2.83. The van der Waals surface area contributed by atoms with Crippen LogP contribution in [0.2, 0.25) is 0 Å². The van der Waals surface area contributed by atoms with Gasteiger partial charge in [-0.15, -0.1) is 0 Å². The van der Waals surface area contributed by atoms with Crippen molar-refractivity contribution in [3.05, 3.63) is 29.6 Å². The van der Waals surface area contributed by atoms with Crippen molar-refractivity contribution in [2.45, 2.75) is 96.8 Å². The van der Waals surface area contributed by atoms with E-state index in [1.165, 1.54) is 13.3 Å². The maximum absolute atomic E-state index is 12.2. The van der Waals surface area contributed by atoms with Crippen LogP contribution in [0.25, 0.3) is 11.3 Å². The maximum Gasteiger partial charge on any atom is 0.407 e. The normalized spacial score (nSPS) is 19.6. The van der Waals surface area contributed by atoms with Crippen molar-refractivity contribution < 1.29 is 19.1 Å². The highest BCUT2D eigenvalue weighted by Crippen LogP contribution is 2.49. The molecule has 1 saturated carbocycles. The van der Waals surface area contributed by atoms with E-state index in [0.29, 0.717) is 18.9 Å².